The molecule has 0 fully saturated rings. The molecular formula is C12H17NO3S. The van der Waals surface area contributed by atoms with E-state index in [1.807, 2.05) is 13.0 Å². The molecule has 17 heavy (non-hydrogen) atoms. The van der Waals surface area contributed by atoms with Gasteiger partial charge in [0.2, 0.25) is 10.0 Å². The second-order valence-corrected chi connectivity index (χ2v) is 5.54. The van der Waals surface area contributed by atoms with E-state index in [0.29, 0.717) is 5.75 Å². The highest BCUT2D eigenvalue weighted by atomic mass is 32.2. The minimum Gasteiger partial charge on any atom is -0.485 e. The molecule has 4 nitrogen and oxygen atoms in total. The SMILES string of the molecule is C=CC(C)Oc1c(C)cc(C)cc1S(N)(=O)=O. The lowest BCUT2D eigenvalue weighted by Crippen LogP contribution is -2.17. The molecule has 2 N–H and O–H groups in total. The van der Waals surface area contributed by atoms with E-state index in [1.165, 1.54) is 6.07 Å². The lowest BCUT2D eigenvalue weighted by Gasteiger charge is -2.16. The van der Waals surface area contributed by atoms with Crippen LogP contribution in [0.25, 0.3) is 0 Å². The highest BCUT2D eigenvalue weighted by Crippen LogP contribution is 2.29. The molecule has 1 rings (SSSR count). The number of hydrogen-bond acceptors (Lipinski definition) is 3. The smallest absolute Gasteiger partial charge is 0.241 e. The summed E-state index contributed by atoms with van der Waals surface area (Å²) in [5.41, 5.74) is 1.56. The van der Waals surface area contributed by atoms with E-state index in [-0.39, 0.29) is 11.0 Å². The third-order valence-corrected chi connectivity index (χ3v) is 3.24. The minimum absolute atomic E-state index is 0.0173. The van der Waals surface area contributed by atoms with E-state index in [0.717, 1.165) is 11.1 Å². The minimum atomic E-state index is -3.79. The van der Waals surface area contributed by atoms with Crippen molar-refractivity contribution in [3.63, 3.8) is 0 Å². The van der Waals surface area contributed by atoms with Crippen LogP contribution >= 0.6 is 0 Å². The van der Waals surface area contributed by atoms with Crippen molar-refractivity contribution in [2.75, 3.05) is 0 Å². The van der Waals surface area contributed by atoms with Crippen LogP contribution in [0.4, 0.5) is 0 Å². The summed E-state index contributed by atoms with van der Waals surface area (Å²) in [6.07, 6.45) is 1.31. The number of nitrogens with two attached hydrogens (primary N) is 1. The van der Waals surface area contributed by atoms with Crippen molar-refractivity contribution in [2.24, 2.45) is 5.14 Å². The molecule has 1 atom stereocenters. The topological polar surface area (TPSA) is 69.4 Å². The Labute approximate surface area is 102 Å². The second kappa shape index (κ2) is 4.89. The van der Waals surface area contributed by atoms with Gasteiger partial charge in [-0.1, -0.05) is 18.7 Å². The van der Waals surface area contributed by atoms with E-state index in [1.54, 1.807) is 19.9 Å². The molecule has 1 aromatic carbocycles. The molecule has 1 unspecified atom stereocenters. The van der Waals surface area contributed by atoms with Crippen molar-refractivity contribution in [1.82, 2.24) is 0 Å². The Morgan fingerprint density at radius 1 is 1.41 bits per heavy atom. The first-order valence-corrected chi connectivity index (χ1v) is 6.73. The molecule has 5 heteroatoms. The Kier molecular flexibility index (Phi) is 3.95. The van der Waals surface area contributed by atoms with E-state index in [9.17, 15) is 8.42 Å². The Balaban J connectivity index is 3.41. The lowest BCUT2D eigenvalue weighted by atomic mass is 10.1. The number of benzene rings is 1. The first kappa shape index (κ1) is 13.7. The van der Waals surface area contributed by atoms with Gasteiger partial charge in [-0.3, -0.25) is 0 Å². The zero-order chi connectivity index (χ0) is 13.2. The highest BCUT2D eigenvalue weighted by Gasteiger charge is 2.19. The maximum Gasteiger partial charge on any atom is 0.241 e. The fraction of sp³-hybridized carbons (Fsp3) is 0.333. The molecule has 0 aromatic heterocycles. The summed E-state index contributed by atoms with van der Waals surface area (Å²) in [5, 5.41) is 5.18. The average molecular weight is 255 g/mol. The van der Waals surface area contributed by atoms with Crippen LogP contribution in [0, 0.1) is 13.8 Å². The van der Waals surface area contributed by atoms with E-state index in [2.05, 4.69) is 6.58 Å². The summed E-state index contributed by atoms with van der Waals surface area (Å²) in [4.78, 5) is 0.0173. The Hall–Kier alpha value is -1.33. The van der Waals surface area contributed by atoms with Gasteiger partial charge in [-0.05, 0) is 38.0 Å². The number of sulfonamides is 1. The summed E-state index contributed by atoms with van der Waals surface area (Å²) in [7, 11) is -3.79. The van der Waals surface area contributed by atoms with Crippen molar-refractivity contribution in [3.05, 3.63) is 35.9 Å². The molecule has 0 heterocycles. The van der Waals surface area contributed by atoms with Gasteiger partial charge in [-0.2, -0.15) is 0 Å². The van der Waals surface area contributed by atoms with Crippen LogP contribution in [-0.4, -0.2) is 14.5 Å². The van der Waals surface area contributed by atoms with Crippen molar-refractivity contribution in [2.45, 2.75) is 31.8 Å². The van der Waals surface area contributed by atoms with Crippen molar-refractivity contribution >= 4 is 10.0 Å². The van der Waals surface area contributed by atoms with Gasteiger partial charge in [-0.25, -0.2) is 13.6 Å². The largest absolute Gasteiger partial charge is 0.485 e. The van der Waals surface area contributed by atoms with Gasteiger partial charge in [0, 0.05) is 0 Å². The third-order valence-electron chi connectivity index (χ3n) is 2.33. The molecule has 0 aliphatic heterocycles. The highest BCUT2D eigenvalue weighted by molar-refractivity contribution is 7.89. The van der Waals surface area contributed by atoms with Crippen LogP contribution in [0.3, 0.4) is 0 Å². The van der Waals surface area contributed by atoms with E-state index in [4.69, 9.17) is 9.88 Å². The van der Waals surface area contributed by atoms with Crippen molar-refractivity contribution < 1.29 is 13.2 Å². The summed E-state index contributed by atoms with van der Waals surface area (Å²) in [5.74, 6) is 0.297. The zero-order valence-electron chi connectivity index (χ0n) is 10.2. The molecule has 0 aliphatic rings. The normalized spacial score (nSPS) is 13.2. The Morgan fingerprint density at radius 3 is 2.47 bits per heavy atom. The van der Waals surface area contributed by atoms with Crippen LogP contribution in [-0.2, 0) is 10.0 Å². The molecule has 0 aliphatic carbocycles. The quantitative estimate of drug-likeness (QED) is 0.835. The summed E-state index contributed by atoms with van der Waals surface area (Å²) >= 11 is 0. The van der Waals surface area contributed by atoms with Crippen molar-refractivity contribution in [1.29, 1.82) is 0 Å². The molecule has 0 radical (unpaired) electrons. The Bertz CT molecular complexity index is 535. The van der Waals surface area contributed by atoms with Crippen LogP contribution in [0.2, 0.25) is 0 Å². The second-order valence-electron chi connectivity index (χ2n) is 4.01. The molecule has 0 saturated carbocycles. The number of primary sulfonamides is 1. The van der Waals surface area contributed by atoms with Gasteiger partial charge in [0.15, 0.2) is 0 Å². The van der Waals surface area contributed by atoms with Crippen molar-refractivity contribution in [3.8, 4) is 5.75 Å². The van der Waals surface area contributed by atoms with Crippen LogP contribution < -0.4 is 9.88 Å². The van der Waals surface area contributed by atoms with Gasteiger partial charge >= 0.3 is 0 Å². The van der Waals surface area contributed by atoms with Crippen LogP contribution in [0.1, 0.15) is 18.1 Å². The van der Waals surface area contributed by atoms with E-state index >= 15 is 0 Å². The molecule has 0 saturated heterocycles. The predicted octanol–water partition coefficient (Wildman–Crippen LogP) is 1.90. The molecule has 94 valence electrons. The molecular weight excluding hydrogens is 238 g/mol. The third kappa shape index (κ3) is 3.31. The van der Waals surface area contributed by atoms with Crippen LogP contribution in [0.5, 0.6) is 5.75 Å². The number of hydrogen-bond donors (Lipinski definition) is 1. The average Bonchev–Trinajstić information content (AvgIpc) is 2.19. The molecule has 0 spiro atoms. The molecule has 0 bridgehead atoms. The predicted molar refractivity (Wildman–Crippen MR) is 67.6 cm³/mol. The number of aryl methyl sites for hydroxylation is 2. The molecule has 1 aromatic rings. The monoisotopic (exact) mass is 255 g/mol. The van der Waals surface area contributed by atoms with Gasteiger partial charge < -0.3 is 4.74 Å². The zero-order valence-corrected chi connectivity index (χ0v) is 11.0. The summed E-state index contributed by atoms with van der Waals surface area (Å²) < 4.78 is 28.5. The fourth-order valence-corrected chi connectivity index (χ4v) is 2.33. The molecule has 0 amide bonds. The van der Waals surface area contributed by atoms with E-state index < -0.39 is 10.0 Å². The lowest BCUT2D eigenvalue weighted by molar-refractivity contribution is 0.261. The standard InChI is InChI=1S/C12H17NO3S/c1-5-10(4)16-12-9(3)6-8(2)7-11(12)17(13,14)15/h5-7,10H,1H2,2-4H3,(H2,13,14,15). The maximum atomic E-state index is 11.5. The van der Waals surface area contributed by atoms with Gasteiger partial charge in [-0.15, -0.1) is 0 Å². The van der Waals surface area contributed by atoms with Gasteiger partial charge in [0.05, 0.1) is 0 Å². The number of ether oxygens (including phenoxy) is 1. The summed E-state index contributed by atoms with van der Waals surface area (Å²) in [6, 6.07) is 3.35. The Morgan fingerprint density at radius 2 is 2.00 bits per heavy atom. The first-order chi connectivity index (χ1) is 7.75. The summed E-state index contributed by atoms with van der Waals surface area (Å²) in [6.45, 7) is 8.96. The van der Waals surface area contributed by atoms with Gasteiger partial charge in [0.25, 0.3) is 0 Å². The maximum absolute atomic E-state index is 11.5. The fourth-order valence-electron chi connectivity index (χ4n) is 1.51. The van der Waals surface area contributed by atoms with Crippen LogP contribution in [0.15, 0.2) is 29.7 Å². The van der Waals surface area contributed by atoms with Gasteiger partial charge in [0.1, 0.15) is 16.7 Å². The number of rotatable bonds is 4. The first-order valence-electron chi connectivity index (χ1n) is 5.19.